The Morgan fingerprint density at radius 1 is 0.895 bits per heavy atom. The average Bonchev–Trinajstić information content (AvgIpc) is 2.61. The van der Waals surface area contributed by atoms with Crippen LogP contribution < -0.4 is 0 Å². The first kappa shape index (κ1) is 12.6. The smallest absolute Gasteiger partial charge is 0.0452 e. The van der Waals surface area contributed by atoms with E-state index in [4.69, 9.17) is 11.6 Å². The highest BCUT2D eigenvalue weighted by Crippen LogP contribution is 2.37. The van der Waals surface area contributed by atoms with Gasteiger partial charge in [-0.3, -0.25) is 0 Å². The lowest BCUT2D eigenvalue weighted by Gasteiger charge is -2.11. The Bertz CT molecular complexity index is 641. The maximum absolute atomic E-state index is 6.44. The van der Waals surface area contributed by atoms with E-state index in [1.807, 2.05) is 12.1 Å². The molecule has 0 unspecified atom stereocenters. The van der Waals surface area contributed by atoms with Crippen molar-refractivity contribution in [3.05, 3.63) is 82.2 Å². The monoisotopic (exact) mass is 284 g/mol. The largest absolute Gasteiger partial charge is 0.0974 e. The Morgan fingerprint density at radius 3 is 2.47 bits per heavy atom. The van der Waals surface area contributed by atoms with Gasteiger partial charge in [-0.05, 0) is 40.7 Å². The Labute approximate surface area is 122 Å². The summed E-state index contributed by atoms with van der Waals surface area (Å²) in [6.45, 7) is 0. The second-order valence-electron chi connectivity index (χ2n) is 4.41. The molecule has 0 nitrogen and oxygen atoms in total. The lowest BCUT2D eigenvalue weighted by Crippen LogP contribution is -1.93. The van der Waals surface area contributed by atoms with Crippen molar-refractivity contribution in [3.8, 4) is 0 Å². The number of benzene rings is 2. The molecule has 0 atom stereocenters. The lowest BCUT2D eigenvalue weighted by atomic mass is 9.97. The minimum absolute atomic E-state index is 0.835. The molecule has 0 fully saturated rings. The number of thioether (sulfide) groups is 1. The fourth-order valence-electron chi connectivity index (χ4n) is 2.19. The molecule has 0 spiro atoms. The summed E-state index contributed by atoms with van der Waals surface area (Å²) in [4.78, 5) is 1.26. The summed E-state index contributed by atoms with van der Waals surface area (Å²) < 4.78 is 0. The van der Waals surface area contributed by atoms with Crippen molar-refractivity contribution in [1.82, 2.24) is 0 Å². The van der Waals surface area contributed by atoms with E-state index in [0.717, 1.165) is 11.5 Å². The van der Waals surface area contributed by atoms with Gasteiger partial charge in [0.2, 0.25) is 0 Å². The molecule has 0 radical (unpaired) electrons. The van der Waals surface area contributed by atoms with Crippen LogP contribution in [0.5, 0.6) is 0 Å². The van der Waals surface area contributed by atoms with E-state index in [-0.39, 0.29) is 0 Å². The van der Waals surface area contributed by atoms with E-state index in [1.165, 1.54) is 21.6 Å². The zero-order valence-corrected chi connectivity index (χ0v) is 11.9. The first-order valence-corrected chi connectivity index (χ1v) is 7.45. The highest BCUT2D eigenvalue weighted by molar-refractivity contribution is 8.02. The lowest BCUT2D eigenvalue weighted by molar-refractivity contribution is 1.25. The van der Waals surface area contributed by atoms with Crippen LogP contribution in [-0.4, -0.2) is 0 Å². The summed E-state index contributed by atoms with van der Waals surface area (Å²) in [6.07, 6.45) is 2.85. The minimum atomic E-state index is 0.835. The van der Waals surface area contributed by atoms with Crippen LogP contribution in [0.1, 0.15) is 11.1 Å². The molecule has 3 rings (SSSR count). The van der Waals surface area contributed by atoms with Crippen LogP contribution >= 0.6 is 23.4 Å². The number of hydrogen-bond donors (Lipinski definition) is 0. The third-order valence-corrected chi connectivity index (χ3v) is 4.37. The fourth-order valence-corrected chi connectivity index (χ4v) is 3.33. The van der Waals surface area contributed by atoms with Crippen molar-refractivity contribution in [3.63, 3.8) is 0 Å². The van der Waals surface area contributed by atoms with E-state index in [1.54, 1.807) is 11.8 Å². The van der Waals surface area contributed by atoms with Gasteiger partial charge in [0.1, 0.15) is 0 Å². The quantitative estimate of drug-likeness (QED) is 0.702. The van der Waals surface area contributed by atoms with Crippen molar-refractivity contribution in [2.24, 2.45) is 0 Å². The molecule has 0 amide bonds. The molecule has 0 aliphatic carbocycles. The molecule has 2 heteroatoms. The third-order valence-electron chi connectivity index (χ3n) is 3.13. The van der Waals surface area contributed by atoms with Gasteiger partial charge in [0.25, 0.3) is 0 Å². The molecule has 0 aromatic heterocycles. The van der Waals surface area contributed by atoms with Crippen LogP contribution in [0.2, 0.25) is 0 Å². The Kier molecular flexibility index (Phi) is 3.77. The highest BCUT2D eigenvalue weighted by atomic mass is 35.5. The number of halogens is 1. The minimum Gasteiger partial charge on any atom is -0.0974 e. The Hall–Kier alpha value is -1.44. The van der Waals surface area contributed by atoms with Crippen LogP contribution in [0, 0.1) is 0 Å². The number of allylic oxidation sites excluding steroid dienone is 3. The van der Waals surface area contributed by atoms with Gasteiger partial charge in [0, 0.05) is 9.93 Å². The summed E-state index contributed by atoms with van der Waals surface area (Å²) in [5, 5.41) is 2.89. The van der Waals surface area contributed by atoms with Crippen LogP contribution in [0.15, 0.2) is 76.0 Å². The maximum atomic E-state index is 6.44. The van der Waals surface area contributed by atoms with Crippen molar-refractivity contribution in [2.45, 2.75) is 11.3 Å². The fraction of sp³-hybridized carbons (Fsp3) is 0.0588. The molecule has 0 bridgehead atoms. The number of rotatable bonds is 2. The molecule has 0 N–H and O–H groups in total. The summed E-state index contributed by atoms with van der Waals surface area (Å²) in [5.74, 6) is 0. The number of fused-ring (bicyclic) bond motifs is 1. The summed E-state index contributed by atoms with van der Waals surface area (Å²) >= 11 is 8.17. The molecule has 1 heterocycles. The summed E-state index contributed by atoms with van der Waals surface area (Å²) in [5.41, 5.74) is 3.72. The second-order valence-corrected chi connectivity index (χ2v) is 5.76. The molecular formula is C17H13ClS. The number of hydrogen-bond acceptors (Lipinski definition) is 1. The van der Waals surface area contributed by atoms with E-state index in [2.05, 4.69) is 53.9 Å². The van der Waals surface area contributed by atoms with Gasteiger partial charge in [-0.1, -0.05) is 71.9 Å². The van der Waals surface area contributed by atoms with Crippen LogP contribution in [-0.2, 0) is 6.42 Å². The molecular weight excluding hydrogens is 272 g/mol. The molecule has 1 aliphatic rings. The zero-order valence-electron chi connectivity index (χ0n) is 10.3. The molecule has 94 valence electrons. The van der Waals surface area contributed by atoms with E-state index >= 15 is 0 Å². The molecule has 0 saturated heterocycles. The topological polar surface area (TPSA) is 0 Å². The molecule has 2 aromatic carbocycles. The highest BCUT2D eigenvalue weighted by Gasteiger charge is 2.13. The summed E-state index contributed by atoms with van der Waals surface area (Å²) in [6, 6.07) is 18.9. The first-order chi connectivity index (χ1) is 9.34. The van der Waals surface area contributed by atoms with Gasteiger partial charge in [-0.2, -0.15) is 0 Å². The van der Waals surface area contributed by atoms with Gasteiger partial charge < -0.3 is 0 Å². The molecule has 2 aromatic rings. The van der Waals surface area contributed by atoms with E-state index < -0.39 is 0 Å². The van der Waals surface area contributed by atoms with Gasteiger partial charge in [0.15, 0.2) is 0 Å². The Morgan fingerprint density at radius 2 is 1.63 bits per heavy atom. The SMILES string of the molecule is ClC1=C(Cc2ccccc2)c2ccccc2SC=C1. The molecule has 0 saturated carbocycles. The van der Waals surface area contributed by atoms with E-state index in [9.17, 15) is 0 Å². The van der Waals surface area contributed by atoms with Gasteiger partial charge in [-0.15, -0.1) is 0 Å². The van der Waals surface area contributed by atoms with Gasteiger partial charge in [0.05, 0.1) is 0 Å². The third kappa shape index (κ3) is 2.78. The molecule has 19 heavy (non-hydrogen) atoms. The predicted molar refractivity (Wildman–Crippen MR) is 84.4 cm³/mol. The van der Waals surface area contributed by atoms with Crippen molar-refractivity contribution < 1.29 is 0 Å². The summed E-state index contributed by atoms with van der Waals surface area (Å²) in [7, 11) is 0. The van der Waals surface area contributed by atoms with Crippen molar-refractivity contribution in [2.75, 3.05) is 0 Å². The van der Waals surface area contributed by atoms with Crippen molar-refractivity contribution in [1.29, 1.82) is 0 Å². The van der Waals surface area contributed by atoms with E-state index in [0.29, 0.717) is 0 Å². The Balaban J connectivity index is 2.05. The molecule has 1 aliphatic heterocycles. The predicted octanol–water partition coefficient (Wildman–Crippen LogP) is 5.50. The maximum Gasteiger partial charge on any atom is 0.0452 e. The first-order valence-electron chi connectivity index (χ1n) is 6.20. The second kappa shape index (κ2) is 5.68. The average molecular weight is 285 g/mol. The van der Waals surface area contributed by atoms with Gasteiger partial charge >= 0.3 is 0 Å². The van der Waals surface area contributed by atoms with Crippen LogP contribution in [0.3, 0.4) is 0 Å². The standard InChI is InChI=1S/C17H13ClS/c18-16-10-11-19-17-9-5-4-8-14(17)15(16)12-13-6-2-1-3-7-13/h1-11H,12H2. The van der Waals surface area contributed by atoms with Crippen molar-refractivity contribution >= 4 is 28.9 Å². The normalized spacial score (nSPS) is 14.2. The zero-order chi connectivity index (χ0) is 13.1. The van der Waals surface area contributed by atoms with Crippen LogP contribution in [0.4, 0.5) is 0 Å². The van der Waals surface area contributed by atoms with Crippen LogP contribution in [0.25, 0.3) is 5.57 Å². The van der Waals surface area contributed by atoms with Gasteiger partial charge in [-0.25, -0.2) is 0 Å².